The lowest BCUT2D eigenvalue weighted by molar-refractivity contribution is -0.129. The molecule has 2 N–H and O–H groups in total. The Balaban J connectivity index is 1.52. The first kappa shape index (κ1) is 25.6. The normalized spacial score (nSPS) is 10.8. The van der Waals surface area contributed by atoms with Gasteiger partial charge < -0.3 is 14.8 Å². The van der Waals surface area contributed by atoms with Crippen molar-refractivity contribution in [1.29, 1.82) is 0 Å². The Morgan fingerprint density at radius 1 is 0.943 bits per heavy atom. The van der Waals surface area contributed by atoms with Gasteiger partial charge in [-0.2, -0.15) is 5.10 Å². The third kappa shape index (κ3) is 8.07. The van der Waals surface area contributed by atoms with Crippen molar-refractivity contribution >= 4 is 52.7 Å². The van der Waals surface area contributed by atoms with Gasteiger partial charge in [-0.15, -0.1) is 0 Å². The standard InChI is InChI=1S/C26H22IN3O5/c1-34-23-15-19(11-13-22(23)35-25(32)14-12-18-7-3-2-4-8-18)16-29-30-24(31)17-28-26(33)20-9-5-6-10-21(20)27/h2-16H,17H2,1H3,(H,28,33)(H,30,31)/b14-12+,29-16-. The summed E-state index contributed by atoms with van der Waals surface area (Å²) in [5, 5.41) is 6.44. The number of benzene rings is 3. The fraction of sp³-hybridized carbons (Fsp3) is 0.0769. The molecule has 8 nitrogen and oxygen atoms in total. The quantitative estimate of drug-likeness (QED) is 0.0996. The highest BCUT2D eigenvalue weighted by atomic mass is 127. The van der Waals surface area contributed by atoms with Crippen LogP contribution in [0.15, 0.2) is 84.0 Å². The summed E-state index contributed by atoms with van der Waals surface area (Å²) in [5.74, 6) is -0.805. The number of rotatable bonds is 9. The molecule has 0 heterocycles. The number of ether oxygens (including phenoxy) is 2. The van der Waals surface area contributed by atoms with Gasteiger partial charge >= 0.3 is 5.97 Å². The zero-order valence-corrected chi connectivity index (χ0v) is 20.9. The summed E-state index contributed by atoms with van der Waals surface area (Å²) in [5.41, 5.74) is 4.32. The molecular formula is C26H22IN3O5. The SMILES string of the molecule is COc1cc(/C=N\NC(=O)CNC(=O)c2ccccc2I)ccc1OC(=O)/C=C/c1ccccc1. The van der Waals surface area contributed by atoms with Gasteiger partial charge in [-0.25, -0.2) is 10.2 Å². The molecule has 0 saturated carbocycles. The molecule has 3 aromatic carbocycles. The number of carbonyl (C=O) groups is 3. The van der Waals surface area contributed by atoms with Crippen LogP contribution < -0.4 is 20.2 Å². The Morgan fingerprint density at radius 2 is 1.69 bits per heavy atom. The molecule has 9 heteroatoms. The minimum atomic E-state index is -0.548. The first-order valence-corrected chi connectivity index (χ1v) is 11.5. The zero-order chi connectivity index (χ0) is 25.0. The average molecular weight is 583 g/mol. The molecule has 0 aliphatic rings. The molecular weight excluding hydrogens is 561 g/mol. The molecule has 2 amide bonds. The highest BCUT2D eigenvalue weighted by Gasteiger charge is 2.11. The summed E-state index contributed by atoms with van der Waals surface area (Å²) in [4.78, 5) is 36.3. The Bertz CT molecular complexity index is 1260. The highest BCUT2D eigenvalue weighted by Crippen LogP contribution is 2.27. The second-order valence-electron chi connectivity index (χ2n) is 7.03. The largest absolute Gasteiger partial charge is 0.493 e. The summed E-state index contributed by atoms with van der Waals surface area (Å²) < 4.78 is 11.4. The molecule has 35 heavy (non-hydrogen) atoms. The van der Waals surface area contributed by atoms with Crippen LogP contribution in [0.1, 0.15) is 21.5 Å². The van der Waals surface area contributed by atoms with E-state index in [1.807, 2.05) is 42.5 Å². The second-order valence-corrected chi connectivity index (χ2v) is 8.19. The minimum absolute atomic E-state index is 0.226. The van der Waals surface area contributed by atoms with Crippen LogP contribution in [-0.4, -0.2) is 37.7 Å². The van der Waals surface area contributed by atoms with E-state index in [9.17, 15) is 14.4 Å². The summed E-state index contributed by atoms with van der Waals surface area (Å²) in [6, 6.07) is 21.3. The van der Waals surface area contributed by atoms with Crippen LogP contribution >= 0.6 is 22.6 Å². The molecule has 0 bridgehead atoms. The lowest BCUT2D eigenvalue weighted by Crippen LogP contribution is -2.35. The third-order valence-corrected chi connectivity index (χ3v) is 5.48. The van der Waals surface area contributed by atoms with Gasteiger partial charge in [0.2, 0.25) is 0 Å². The number of hydrogen-bond acceptors (Lipinski definition) is 6. The van der Waals surface area contributed by atoms with Crippen molar-refractivity contribution in [3.05, 3.63) is 99.1 Å². The number of esters is 1. The van der Waals surface area contributed by atoms with Crippen molar-refractivity contribution in [1.82, 2.24) is 10.7 Å². The maximum atomic E-state index is 12.2. The predicted molar refractivity (Wildman–Crippen MR) is 141 cm³/mol. The van der Waals surface area contributed by atoms with Gasteiger partial charge in [0, 0.05) is 9.65 Å². The molecule has 178 valence electrons. The number of nitrogens with one attached hydrogen (secondary N) is 2. The van der Waals surface area contributed by atoms with Gasteiger partial charge in [-0.3, -0.25) is 9.59 Å². The highest BCUT2D eigenvalue weighted by molar-refractivity contribution is 14.1. The van der Waals surface area contributed by atoms with Crippen molar-refractivity contribution < 1.29 is 23.9 Å². The Hall–Kier alpha value is -3.99. The van der Waals surface area contributed by atoms with Gasteiger partial charge in [-0.05, 0) is 70.1 Å². The minimum Gasteiger partial charge on any atom is -0.493 e. The lowest BCUT2D eigenvalue weighted by Gasteiger charge is -2.08. The molecule has 0 atom stereocenters. The third-order valence-electron chi connectivity index (χ3n) is 4.54. The monoisotopic (exact) mass is 583 g/mol. The molecule has 0 aliphatic heterocycles. The Morgan fingerprint density at radius 3 is 2.43 bits per heavy atom. The van der Waals surface area contributed by atoms with Crippen molar-refractivity contribution in [3.63, 3.8) is 0 Å². The average Bonchev–Trinajstić information content (AvgIpc) is 2.87. The van der Waals surface area contributed by atoms with Gasteiger partial charge in [0.05, 0.1) is 25.4 Å². The molecule has 0 radical (unpaired) electrons. The number of halogens is 1. The number of nitrogens with zero attached hydrogens (tertiary/aromatic N) is 1. The number of amides is 2. The van der Waals surface area contributed by atoms with Gasteiger partial charge in [0.1, 0.15) is 0 Å². The van der Waals surface area contributed by atoms with E-state index in [1.54, 1.807) is 36.4 Å². The number of methoxy groups -OCH3 is 1. The van der Waals surface area contributed by atoms with E-state index in [-0.39, 0.29) is 18.2 Å². The maximum Gasteiger partial charge on any atom is 0.336 e. The van der Waals surface area contributed by atoms with Crippen LogP contribution in [-0.2, 0) is 9.59 Å². The van der Waals surface area contributed by atoms with Gasteiger partial charge in [0.15, 0.2) is 11.5 Å². The van der Waals surface area contributed by atoms with Crippen molar-refractivity contribution in [2.75, 3.05) is 13.7 Å². The maximum absolute atomic E-state index is 12.2. The van der Waals surface area contributed by atoms with Crippen molar-refractivity contribution in [3.8, 4) is 11.5 Å². The van der Waals surface area contributed by atoms with E-state index in [0.29, 0.717) is 16.9 Å². The van der Waals surface area contributed by atoms with Crippen LogP contribution in [0.25, 0.3) is 6.08 Å². The second kappa shape index (κ2) is 13.0. The Labute approximate surface area is 216 Å². The summed E-state index contributed by atoms with van der Waals surface area (Å²) in [6.07, 6.45) is 4.39. The van der Waals surface area contributed by atoms with Crippen LogP contribution in [0.4, 0.5) is 0 Å². The van der Waals surface area contributed by atoms with Gasteiger partial charge in [-0.1, -0.05) is 42.5 Å². The number of hydrazone groups is 1. The zero-order valence-electron chi connectivity index (χ0n) is 18.7. The topological polar surface area (TPSA) is 106 Å². The molecule has 3 aromatic rings. The smallest absolute Gasteiger partial charge is 0.336 e. The van der Waals surface area contributed by atoms with E-state index in [0.717, 1.165) is 9.13 Å². The van der Waals surface area contributed by atoms with Crippen molar-refractivity contribution in [2.24, 2.45) is 5.10 Å². The number of hydrogen-bond donors (Lipinski definition) is 2. The molecule has 3 rings (SSSR count). The van der Waals surface area contributed by atoms with E-state index >= 15 is 0 Å². The van der Waals surface area contributed by atoms with E-state index in [4.69, 9.17) is 9.47 Å². The summed E-state index contributed by atoms with van der Waals surface area (Å²) >= 11 is 2.06. The molecule has 0 aromatic heterocycles. The van der Waals surface area contributed by atoms with Crippen molar-refractivity contribution in [2.45, 2.75) is 0 Å². The fourth-order valence-electron chi connectivity index (χ4n) is 2.84. The van der Waals surface area contributed by atoms with E-state index < -0.39 is 11.9 Å². The summed E-state index contributed by atoms with van der Waals surface area (Å²) in [6.45, 7) is -0.226. The predicted octanol–water partition coefficient (Wildman–Crippen LogP) is 3.80. The number of carbonyl (C=O) groups excluding carboxylic acids is 3. The summed E-state index contributed by atoms with van der Waals surface area (Å²) in [7, 11) is 1.45. The van der Waals surface area contributed by atoms with Crippen LogP contribution in [0, 0.1) is 3.57 Å². The molecule has 0 spiro atoms. The lowest BCUT2D eigenvalue weighted by atomic mass is 10.2. The van der Waals surface area contributed by atoms with Crippen LogP contribution in [0.5, 0.6) is 11.5 Å². The molecule has 0 fully saturated rings. The first-order chi connectivity index (χ1) is 17.0. The van der Waals surface area contributed by atoms with E-state index in [1.165, 1.54) is 19.4 Å². The molecule has 0 saturated heterocycles. The molecule has 0 unspecified atom stereocenters. The van der Waals surface area contributed by atoms with Gasteiger partial charge in [0.25, 0.3) is 11.8 Å². The Kier molecular flexibility index (Phi) is 9.55. The van der Waals surface area contributed by atoms with Crippen LogP contribution in [0.2, 0.25) is 0 Å². The first-order valence-electron chi connectivity index (χ1n) is 10.4. The van der Waals surface area contributed by atoms with Crippen LogP contribution in [0.3, 0.4) is 0 Å². The fourth-order valence-corrected chi connectivity index (χ4v) is 3.47. The molecule has 0 aliphatic carbocycles. The van der Waals surface area contributed by atoms with E-state index in [2.05, 4.69) is 38.4 Å².